The van der Waals surface area contributed by atoms with Crippen molar-refractivity contribution < 1.29 is 19.4 Å². The van der Waals surface area contributed by atoms with Crippen molar-refractivity contribution in [3.05, 3.63) is 28.8 Å². The number of halogens is 1. The smallest absolute Gasteiger partial charge is 0.410 e. The van der Waals surface area contributed by atoms with Crippen LogP contribution in [0.4, 0.5) is 10.5 Å². The number of carbonyl (C=O) groups is 2. The summed E-state index contributed by atoms with van der Waals surface area (Å²) in [6, 6.07) is 5.00. The van der Waals surface area contributed by atoms with Crippen molar-refractivity contribution in [1.82, 2.24) is 4.90 Å². The number of amides is 1. The van der Waals surface area contributed by atoms with E-state index in [-0.39, 0.29) is 22.7 Å². The largest absolute Gasteiger partial charge is 0.478 e. The Morgan fingerprint density at radius 2 is 1.96 bits per heavy atom. The Bertz CT molecular complexity index is 621. The van der Waals surface area contributed by atoms with Crippen LogP contribution in [0.25, 0.3) is 0 Å². The van der Waals surface area contributed by atoms with Crippen LogP contribution in [-0.4, -0.2) is 53.8 Å². The summed E-state index contributed by atoms with van der Waals surface area (Å²) in [5, 5.41) is 9.34. The zero-order valence-electron chi connectivity index (χ0n) is 13.7. The molecule has 1 amide bonds. The molecule has 1 fully saturated rings. The van der Waals surface area contributed by atoms with E-state index in [1.165, 1.54) is 0 Å². The van der Waals surface area contributed by atoms with Gasteiger partial charge in [-0.2, -0.15) is 0 Å². The fourth-order valence-corrected chi connectivity index (χ4v) is 2.48. The number of hydrogen-bond acceptors (Lipinski definition) is 4. The maximum Gasteiger partial charge on any atom is 0.410 e. The van der Waals surface area contributed by atoms with Gasteiger partial charge in [-0.25, -0.2) is 9.59 Å². The minimum absolute atomic E-state index is 0.0688. The molecular weight excluding hydrogens is 320 g/mol. The molecule has 0 aliphatic carbocycles. The third-order valence-corrected chi connectivity index (χ3v) is 3.98. The lowest BCUT2D eigenvalue weighted by Crippen LogP contribution is -2.61. The molecule has 0 saturated carbocycles. The van der Waals surface area contributed by atoms with Crippen molar-refractivity contribution in [1.29, 1.82) is 0 Å². The Morgan fingerprint density at radius 1 is 1.35 bits per heavy atom. The quantitative estimate of drug-likeness (QED) is 0.915. The van der Waals surface area contributed by atoms with Gasteiger partial charge in [-0.1, -0.05) is 11.6 Å². The van der Waals surface area contributed by atoms with Gasteiger partial charge in [0.2, 0.25) is 0 Å². The number of carboxylic acids is 1. The number of rotatable bonds is 3. The highest BCUT2D eigenvalue weighted by molar-refractivity contribution is 6.33. The van der Waals surface area contributed by atoms with E-state index < -0.39 is 11.6 Å². The minimum Gasteiger partial charge on any atom is -0.478 e. The topological polar surface area (TPSA) is 70.1 Å². The second kappa shape index (κ2) is 6.28. The summed E-state index contributed by atoms with van der Waals surface area (Å²) in [4.78, 5) is 26.6. The van der Waals surface area contributed by atoms with Gasteiger partial charge in [-0.15, -0.1) is 0 Å². The first-order valence-corrected chi connectivity index (χ1v) is 7.70. The molecule has 2 rings (SSSR count). The lowest BCUT2D eigenvalue weighted by molar-refractivity contribution is 0.00851. The van der Waals surface area contributed by atoms with Crippen LogP contribution < -0.4 is 4.90 Å². The van der Waals surface area contributed by atoms with E-state index in [1.807, 2.05) is 32.7 Å². The molecule has 0 radical (unpaired) electrons. The summed E-state index contributed by atoms with van der Waals surface area (Å²) >= 11 is 5.88. The minimum atomic E-state index is -1.06. The van der Waals surface area contributed by atoms with E-state index in [1.54, 1.807) is 23.1 Å². The van der Waals surface area contributed by atoms with E-state index in [0.29, 0.717) is 13.1 Å². The second-order valence-electron chi connectivity index (χ2n) is 6.62. The highest BCUT2D eigenvalue weighted by Crippen LogP contribution is 2.27. The lowest BCUT2D eigenvalue weighted by atomic mass is 10.1. The first kappa shape index (κ1) is 17.4. The molecule has 0 atom stereocenters. The van der Waals surface area contributed by atoms with Crippen LogP contribution in [-0.2, 0) is 4.74 Å². The van der Waals surface area contributed by atoms with E-state index in [4.69, 9.17) is 21.4 Å². The van der Waals surface area contributed by atoms with Crippen molar-refractivity contribution in [3.63, 3.8) is 0 Å². The number of aromatic carboxylic acids is 1. The Hall–Kier alpha value is -1.95. The standard InChI is InChI=1S/C16H21ClN2O4/c1-16(2,3)23-15(22)19-8-11(9-19)18(4)10-5-6-13(17)12(7-10)14(20)21/h5-7,11H,8-9H2,1-4H3,(H,20,21). The molecule has 0 unspecified atom stereocenters. The van der Waals surface area contributed by atoms with Gasteiger partial charge in [0.15, 0.2) is 0 Å². The Balaban J connectivity index is 1.99. The van der Waals surface area contributed by atoms with Crippen LogP contribution in [0.1, 0.15) is 31.1 Å². The summed E-state index contributed by atoms with van der Waals surface area (Å²) < 4.78 is 5.32. The van der Waals surface area contributed by atoms with Crippen LogP contribution in [0, 0.1) is 0 Å². The number of hydrogen-bond donors (Lipinski definition) is 1. The van der Waals surface area contributed by atoms with Crippen LogP contribution in [0.2, 0.25) is 5.02 Å². The zero-order valence-corrected chi connectivity index (χ0v) is 14.4. The molecule has 1 N–H and O–H groups in total. The van der Waals surface area contributed by atoms with Gasteiger partial charge in [0.25, 0.3) is 0 Å². The summed E-state index contributed by atoms with van der Waals surface area (Å²) in [6.45, 7) is 6.56. The number of carboxylic acid groups (broad SMARTS) is 1. The molecule has 1 aromatic rings. The Morgan fingerprint density at radius 3 is 2.48 bits per heavy atom. The molecule has 1 heterocycles. The molecule has 6 nitrogen and oxygen atoms in total. The monoisotopic (exact) mass is 340 g/mol. The molecule has 7 heteroatoms. The first-order valence-electron chi connectivity index (χ1n) is 7.32. The highest BCUT2D eigenvalue weighted by Gasteiger charge is 2.36. The third kappa shape index (κ3) is 4.07. The summed E-state index contributed by atoms with van der Waals surface area (Å²) in [7, 11) is 1.87. The highest BCUT2D eigenvalue weighted by atomic mass is 35.5. The van der Waals surface area contributed by atoms with Gasteiger partial charge in [0.1, 0.15) is 5.60 Å². The average molecular weight is 341 g/mol. The number of ether oxygens (including phenoxy) is 1. The second-order valence-corrected chi connectivity index (χ2v) is 7.03. The van der Waals surface area contributed by atoms with Crippen molar-refractivity contribution in [2.24, 2.45) is 0 Å². The van der Waals surface area contributed by atoms with Crippen LogP contribution in [0.15, 0.2) is 18.2 Å². The normalized spacial score (nSPS) is 15.1. The van der Waals surface area contributed by atoms with Gasteiger partial charge < -0.3 is 19.6 Å². The Kier molecular flexibility index (Phi) is 4.75. The van der Waals surface area contributed by atoms with Crippen LogP contribution in [0.5, 0.6) is 0 Å². The third-order valence-electron chi connectivity index (χ3n) is 3.65. The van der Waals surface area contributed by atoms with Crippen molar-refractivity contribution in [2.75, 3.05) is 25.0 Å². The van der Waals surface area contributed by atoms with Gasteiger partial charge in [-0.3, -0.25) is 0 Å². The molecule has 126 valence electrons. The van der Waals surface area contributed by atoms with Crippen molar-refractivity contribution in [2.45, 2.75) is 32.4 Å². The number of benzene rings is 1. The molecule has 1 aliphatic heterocycles. The maximum atomic E-state index is 11.9. The molecule has 1 aromatic carbocycles. The van der Waals surface area contributed by atoms with Crippen molar-refractivity contribution >= 4 is 29.4 Å². The number of anilines is 1. The Labute approximate surface area is 140 Å². The maximum absolute atomic E-state index is 11.9. The molecular formula is C16H21ClN2O4. The fraction of sp³-hybridized carbons (Fsp3) is 0.500. The lowest BCUT2D eigenvalue weighted by Gasteiger charge is -2.44. The molecule has 0 aromatic heterocycles. The van der Waals surface area contributed by atoms with E-state index >= 15 is 0 Å². The molecule has 1 saturated heterocycles. The summed E-state index contributed by atoms with van der Waals surface area (Å²) in [5.41, 5.74) is 0.306. The predicted molar refractivity (Wildman–Crippen MR) is 88.4 cm³/mol. The molecule has 23 heavy (non-hydrogen) atoms. The van der Waals surface area contributed by atoms with Crippen LogP contribution >= 0.6 is 11.6 Å². The SMILES string of the molecule is CN(c1ccc(Cl)c(C(=O)O)c1)C1CN(C(=O)OC(C)(C)C)C1. The first-order chi connectivity index (χ1) is 10.6. The summed E-state index contributed by atoms with van der Waals surface area (Å²) in [5.74, 6) is -1.06. The van der Waals surface area contributed by atoms with E-state index in [0.717, 1.165) is 5.69 Å². The van der Waals surface area contributed by atoms with Gasteiger partial charge in [0, 0.05) is 25.8 Å². The number of likely N-dealkylation sites (N-methyl/N-ethyl adjacent to an activating group) is 1. The van der Waals surface area contributed by atoms with E-state index in [9.17, 15) is 9.59 Å². The molecule has 0 spiro atoms. The molecule has 1 aliphatic rings. The van der Waals surface area contributed by atoms with Gasteiger partial charge in [0.05, 0.1) is 16.6 Å². The van der Waals surface area contributed by atoms with Gasteiger partial charge >= 0.3 is 12.1 Å². The van der Waals surface area contributed by atoms with Crippen LogP contribution in [0.3, 0.4) is 0 Å². The van der Waals surface area contributed by atoms with Crippen molar-refractivity contribution in [3.8, 4) is 0 Å². The number of nitrogens with zero attached hydrogens (tertiary/aromatic N) is 2. The molecule has 0 bridgehead atoms. The number of likely N-dealkylation sites (tertiary alicyclic amines) is 1. The van der Waals surface area contributed by atoms with E-state index in [2.05, 4.69) is 0 Å². The zero-order chi connectivity index (χ0) is 17.4. The average Bonchev–Trinajstić information content (AvgIpc) is 2.34. The summed E-state index contributed by atoms with van der Waals surface area (Å²) in [6.07, 6.45) is -0.329. The predicted octanol–water partition coefficient (Wildman–Crippen LogP) is 3.09. The number of carbonyl (C=O) groups excluding carboxylic acids is 1. The van der Waals surface area contributed by atoms with Gasteiger partial charge in [-0.05, 0) is 39.0 Å². The fourth-order valence-electron chi connectivity index (χ4n) is 2.28.